The molecule has 1 N–H and O–H groups in total. The van der Waals surface area contributed by atoms with E-state index in [9.17, 15) is 4.79 Å². The fourth-order valence-electron chi connectivity index (χ4n) is 4.45. The first kappa shape index (κ1) is 22.7. The molecule has 7 heteroatoms. The number of amides is 1. The molecule has 0 spiro atoms. The summed E-state index contributed by atoms with van der Waals surface area (Å²) in [6, 6.07) is 10.1. The van der Waals surface area contributed by atoms with Crippen LogP contribution in [-0.4, -0.2) is 43.6 Å². The number of rotatable bonds is 5. The summed E-state index contributed by atoms with van der Waals surface area (Å²) >= 11 is 0. The second-order valence-electron chi connectivity index (χ2n) is 8.88. The lowest BCUT2D eigenvalue weighted by Gasteiger charge is -2.32. The number of anilines is 2. The molecule has 3 aromatic heterocycles. The normalized spacial score (nSPS) is 16.4. The van der Waals surface area contributed by atoms with Crippen molar-refractivity contribution in [3.63, 3.8) is 0 Å². The summed E-state index contributed by atoms with van der Waals surface area (Å²) in [7, 11) is 1.92. The average Bonchev–Trinajstić information content (AvgIpc) is 3.02. The molecule has 0 aliphatic carbocycles. The number of aromatic nitrogens is 4. The van der Waals surface area contributed by atoms with Crippen LogP contribution in [0.1, 0.15) is 52.8 Å². The summed E-state index contributed by atoms with van der Waals surface area (Å²) in [6.07, 6.45) is 5.56. The van der Waals surface area contributed by atoms with Crippen LogP contribution in [0.2, 0.25) is 0 Å². The van der Waals surface area contributed by atoms with E-state index in [1.807, 2.05) is 74.7 Å². The van der Waals surface area contributed by atoms with Gasteiger partial charge in [0.05, 0.1) is 5.69 Å². The largest absolute Gasteiger partial charge is 0.340 e. The molecule has 1 saturated heterocycles. The predicted octanol–water partition coefficient (Wildman–Crippen LogP) is 4.61. The van der Waals surface area contributed by atoms with Crippen LogP contribution >= 0.6 is 0 Å². The third-order valence-electron chi connectivity index (χ3n) is 6.24. The molecule has 1 fully saturated rings. The monoisotopic (exact) mass is 444 g/mol. The number of likely N-dealkylation sites (tertiary alicyclic amines) is 1. The van der Waals surface area contributed by atoms with Gasteiger partial charge in [0.1, 0.15) is 5.82 Å². The molecule has 0 bridgehead atoms. The summed E-state index contributed by atoms with van der Waals surface area (Å²) in [5, 5.41) is 7.83. The Bertz CT molecular complexity index is 1200. The Morgan fingerprint density at radius 2 is 1.94 bits per heavy atom. The highest BCUT2D eigenvalue weighted by Crippen LogP contribution is 2.29. The van der Waals surface area contributed by atoms with Crippen LogP contribution in [0, 0.1) is 27.7 Å². The second-order valence-corrected chi connectivity index (χ2v) is 8.88. The molecule has 0 radical (unpaired) electrons. The van der Waals surface area contributed by atoms with E-state index in [0.717, 1.165) is 64.9 Å². The number of carbonyl (C=O) groups excluding carboxylic acids is 1. The lowest BCUT2D eigenvalue weighted by molar-refractivity contribution is -0.127. The Morgan fingerprint density at radius 3 is 2.67 bits per heavy atom. The van der Waals surface area contributed by atoms with E-state index < -0.39 is 0 Å². The van der Waals surface area contributed by atoms with Crippen LogP contribution in [0.15, 0.2) is 36.4 Å². The minimum absolute atomic E-state index is 0.0392. The maximum absolute atomic E-state index is 13.0. The van der Waals surface area contributed by atoms with Gasteiger partial charge in [-0.2, -0.15) is 5.10 Å². The summed E-state index contributed by atoms with van der Waals surface area (Å²) in [5.74, 6) is 1.07. The van der Waals surface area contributed by atoms with Crippen LogP contribution in [0.5, 0.6) is 0 Å². The van der Waals surface area contributed by atoms with Crippen LogP contribution in [0.25, 0.3) is 6.08 Å². The molecule has 7 nitrogen and oxygen atoms in total. The smallest absolute Gasteiger partial charge is 0.246 e. The van der Waals surface area contributed by atoms with Crippen molar-refractivity contribution in [2.75, 3.05) is 18.4 Å². The van der Waals surface area contributed by atoms with E-state index in [4.69, 9.17) is 4.98 Å². The minimum atomic E-state index is 0.0392. The zero-order valence-electron chi connectivity index (χ0n) is 20.1. The second kappa shape index (κ2) is 9.57. The third kappa shape index (κ3) is 5.30. The Hall–Kier alpha value is -3.48. The van der Waals surface area contributed by atoms with Gasteiger partial charge in [-0.15, -0.1) is 0 Å². The summed E-state index contributed by atoms with van der Waals surface area (Å²) in [4.78, 5) is 24.2. The van der Waals surface area contributed by atoms with Gasteiger partial charge in [-0.05, 0) is 70.9 Å². The highest BCUT2D eigenvalue weighted by atomic mass is 16.2. The van der Waals surface area contributed by atoms with Crippen molar-refractivity contribution in [3.8, 4) is 0 Å². The number of hydrogen-bond donors (Lipinski definition) is 1. The van der Waals surface area contributed by atoms with Crippen molar-refractivity contribution in [2.24, 2.45) is 7.05 Å². The Morgan fingerprint density at radius 1 is 1.12 bits per heavy atom. The molecule has 4 heterocycles. The van der Waals surface area contributed by atoms with Gasteiger partial charge in [-0.1, -0.05) is 6.07 Å². The van der Waals surface area contributed by atoms with Gasteiger partial charge < -0.3 is 10.2 Å². The topological polar surface area (TPSA) is 75.9 Å². The molecule has 0 unspecified atom stereocenters. The van der Waals surface area contributed by atoms with E-state index in [1.165, 1.54) is 0 Å². The first-order valence-corrected chi connectivity index (χ1v) is 11.5. The lowest BCUT2D eigenvalue weighted by atomic mass is 9.93. The number of nitrogens with zero attached hydrogens (tertiary/aromatic N) is 5. The summed E-state index contributed by atoms with van der Waals surface area (Å²) in [6.45, 7) is 9.41. The van der Waals surface area contributed by atoms with Gasteiger partial charge in [-0.3, -0.25) is 14.5 Å². The molecular formula is C26H32N6O. The highest BCUT2D eigenvalue weighted by Gasteiger charge is 2.25. The van der Waals surface area contributed by atoms with Gasteiger partial charge in [0.15, 0.2) is 0 Å². The first-order valence-electron chi connectivity index (χ1n) is 11.5. The Balaban J connectivity index is 1.48. The highest BCUT2D eigenvalue weighted by molar-refractivity contribution is 5.92. The van der Waals surface area contributed by atoms with Crippen molar-refractivity contribution < 1.29 is 4.79 Å². The summed E-state index contributed by atoms with van der Waals surface area (Å²) < 4.78 is 1.84. The fraction of sp³-hybridized carbons (Fsp3) is 0.385. The molecular weight excluding hydrogens is 412 g/mol. The number of piperidine rings is 1. The van der Waals surface area contributed by atoms with E-state index in [2.05, 4.69) is 21.5 Å². The predicted molar refractivity (Wildman–Crippen MR) is 132 cm³/mol. The molecule has 33 heavy (non-hydrogen) atoms. The van der Waals surface area contributed by atoms with Crippen molar-refractivity contribution in [1.29, 1.82) is 0 Å². The van der Waals surface area contributed by atoms with Crippen molar-refractivity contribution >= 4 is 23.5 Å². The van der Waals surface area contributed by atoms with Crippen molar-refractivity contribution in [2.45, 2.75) is 46.5 Å². The molecule has 4 rings (SSSR count). The van der Waals surface area contributed by atoms with Crippen molar-refractivity contribution in [1.82, 2.24) is 24.6 Å². The SMILES string of the molecule is Cc1cccc(Nc2cc(C)nc([C@H]3CCCN(C(=O)/C=C/c4c(C)nn(C)c4C)C3)c2)n1. The summed E-state index contributed by atoms with van der Waals surface area (Å²) in [5.41, 5.74) is 6.92. The lowest BCUT2D eigenvalue weighted by Crippen LogP contribution is -2.38. The maximum Gasteiger partial charge on any atom is 0.246 e. The van der Waals surface area contributed by atoms with Crippen LogP contribution in [0.4, 0.5) is 11.5 Å². The first-order chi connectivity index (χ1) is 15.8. The van der Waals surface area contributed by atoms with E-state index in [-0.39, 0.29) is 11.8 Å². The number of nitrogens with one attached hydrogen (secondary N) is 1. The van der Waals surface area contributed by atoms with Gasteiger partial charge in [-0.25, -0.2) is 4.98 Å². The molecule has 1 aliphatic heterocycles. The van der Waals surface area contributed by atoms with Gasteiger partial charge in [0, 0.05) is 66.2 Å². The van der Waals surface area contributed by atoms with Gasteiger partial charge >= 0.3 is 0 Å². The maximum atomic E-state index is 13.0. The fourth-order valence-corrected chi connectivity index (χ4v) is 4.45. The third-order valence-corrected chi connectivity index (χ3v) is 6.24. The number of pyridine rings is 2. The van der Waals surface area contributed by atoms with Crippen LogP contribution < -0.4 is 5.32 Å². The van der Waals surface area contributed by atoms with Crippen LogP contribution in [0.3, 0.4) is 0 Å². The molecule has 1 aliphatic rings. The molecule has 1 amide bonds. The van der Waals surface area contributed by atoms with Crippen LogP contribution in [-0.2, 0) is 11.8 Å². The zero-order valence-corrected chi connectivity index (χ0v) is 20.1. The zero-order chi connectivity index (χ0) is 23.5. The van der Waals surface area contributed by atoms with E-state index in [0.29, 0.717) is 6.54 Å². The van der Waals surface area contributed by atoms with E-state index >= 15 is 0 Å². The van der Waals surface area contributed by atoms with Gasteiger partial charge in [0.25, 0.3) is 0 Å². The molecule has 3 aromatic rings. The van der Waals surface area contributed by atoms with E-state index in [1.54, 1.807) is 6.08 Å². The van der Waals surface area contributed by atoms with Gasteiger partial charge in [0.2, 0.25) is 5.91 Å². The molecule has 0 saturated carbocycles. The quantitative estimate of drug-likeness (QED) is 0.582. The standard InChI is InChI=1S/C26H32N6O/c1-17-8-6-10-25(28-17)29-22-14-18(2)27-24(15-22)21-9-7-13-32(16-21)26(33)12-11-23-19(3)30-31(5)20(23)4/h6,8,10-12,14-15,21H,7,9,13,16H2,1-5H3,(H,27,28,29)/b12-11+/t21-/m0/s1. The Kier molecular flexibility index (Phi) is 6.58. The van der Waals surface area contributed by atoms with Crippen molar-refractivity contribution in [3.05, 3.63) is 70.4 Å². The molecule has 0 aromatic carbocycles. The average molecular weight is 445 g/mol. The molecule has 172 valence electrons. The number of hydrogen-bond acceptors (Lipinski definition) is 5. The number of carbonyl (C=O) groups is 1. The number of aryl methyl sites for hydroxylation is 4. The minimum Gasteiger partial charge on any atom is -0.340 e. The Labute approximate surface area is 195 Å². The molecule has 1 atom stereocenters.